The highest BCUT2D eigenvalue weighted by atomic mass is 35.5. The summed E-state index contributed by atoms with van der Waals surface area (Å²) >= 11 is 6.17. The summed E-state index contributed by atoms with van der Waals surface area (Å²) in [5, 5.41) is 0.652. The van der Waals surface area contributed by atoms with Gasteiger partial charge in [-0.3, -0.25) is 0 Å². The maximum atomic E-state index is 6.17. The highest BCUT2D eigenvalue weighted by Gasteiger charge is 2.10. The van der Waals surface area contributed by atoms with Crippen LogP contribution in [0.4, 0.5) is 0 Å². The highest BCUT2D eigenvalue weighted by molar-refractivity contribution is 6.32. The fourth-order valence-corrected chi connectivity index (χ4v) is 3.62. The van der Waals surface area contributed by atoms with Crippen molar-refractivity contribution in [3.05, 3.63) is 95.3 Å². The van der Waals surface area contributed by atoms with Crippen LogP contribution in [0.15, 0.2) is 78.9 Å². The molecule has 28 heavy (non-hydrogen) atoms. The summed E-state index contributed by atoms with van der Waals surface area (Å²) in [7, 11) is 0. The third-order valence-corrected chi connectivity index (χ3v) is 5.15. The van der Waals surface area contributed by atoms with Gasteiger partial charge in [-0.15, -0.1) is 0 Å². The molecule has 0 spiro atoms. The van der Waals surface area contributed by atoms with Crippen LogP contribution < -0.4 is 4.74 Å². The van der Waals surface area contributed by atoms with E-state index in [9.17, 15) is 0 Å². The summed E-state index contributed by atoms with van der Waals surface area (Å²) in [6, 6.07) is 26.5. The van der Waals surface area contributed by atoms with Gasteiger partial charge in [0.15, 0.2) is 0 Å². The highest BCUT2D eigenvalue weighted by Crippen LogP contribution is 2.23. The SMILES string of the molecule is Clc1ccccc1OCCCn1c(CCc2ccccc2)nc2ccccc21. The fraction of sp³-hybridized carbons (Fsp3) is 0.208. The molecule has 0 radical (unpaired) electrons. The van der Waals surface area contributed by atoms with Crippen molar-refractivity contribution < 1.29 is 4.74 Å². The second kappa shape index (κ2) is 8.94. The Morgan fingerprint density at radius 1 is 0.821 bits per heavy atom. The number of benzene rings is 3. The second-order valence-corrected chi connectivity index (χ2v) is 7.19. The van der Waals surface area contributed by atoms with Crippen LogP contribution in [-0.2, 0) is 19.4 Å². The number of rotatable bonds is 8. The minimum absolute atomic E-state index is 0.619. The average molecular weight is 391 g/mol. The first-order valence-electron chi connectivity index (χ1n) is 9.66. The van der Waals surface area contributed by atoms with Crippen LogP contribution in [0.1, 0.15) is 17.8 Å². The van der Waals surface area contributed by atoms with E-state index in [2.05, 4.69) is 53.1 Å². The number of halogens is 1. The molecule has 1 aromatic heterocycles. The number of hydrogen-bond acceptors (Lipinski definition) is 2. The van der Waals surface area contributed by atoms with E-state index in [1.165, 1.54) is 11.1 Å². The molecule has 0 aliphatic heterocycles. The van der Waals surface area contributed by atoms with Crippen molar-refractivity contribution in [2.24, 2.45) is 0 Å². The van der Waals surface area contributed by atoms with Gasteiger partial charge in [-0.25, -0.2) is 4.98 Å². The number of aryl methyl sites for hydroxylation is 3. The van der Waals surface area contributed by atoms with E-state index < -0.39 is 0 Å². The van der Waals surface area contributed by atoms with Crippen LogP contribution in [0.3, 0.4) is 0 Å². The first-order chi connectivity index (χ1) is 13.8. The summed E-state index contributed by atoms with van der Waals surface area (Å²) in [4.78, 5) is 4.88. The van der Waals surface area contributed by atoms with Gasteiger partial charge in [0.2, 0.25) is 0 Å². The number of fused-ring (bicyclic) bond motifs is 1. The molecular formula is C24H23ClN2O. The van der Waals surface area contributed by atoms with Crippen LogP contribution >= 0.6 is 11.6 Å². The molecule has 0 saturated carbocycles. The molecular weight excluding hydrogens is 368 g/mol. The van der Waals surface area contributed by atoms with Gasteiger partial charge in [0, 0.05) is 13.0 Å². The number of para-hydroxylation sites is 3. The molecule has 142 valence electrons. The Morgan fingerprint density at radius 3 is 2.43 bits per heavy atom. The zero-order valence-electron chi connectivity index (χ0n) is 15.7. The predicted molar refractivity (Wildman–Crippen MR) is 115 cm³/mol. The largest absolute Gasteiger partial charge is 0.492 e. The van der Waals surface area contributed by atoms with Gasteiger partial charge in [0.1, 0.15) is 11.6 Å². The monoisotopic (exact) mass is 390 g/mol. The molecule has 3 nitrogen and oxygen atoms in total. The minimum Gasteiger partial charge on any atom is -0.492 e. The Balaban J connectivity index is 1.45. The molecule has 0 unspecified atom stereocenters. The lowest BCUT2D eigenvalue weighted by Gasteiger charge is -2.11. The molecule has 0 saturated heterocycles. The average Bonchev–Trinajstić information content (AvgIpc) is 3.09. The van der Waals surface area contributed by atoms with Crippen molar-refractivity contribution >= 4 is 22.6 Å². The van der Waals surface area contributed by atoms with Gasteiger partial charge in [0.25, 0.3) is 0 Å². The van der Waals surface area contributed by atoms with E-state index >= 15 is 0 Å². The second-order valence-electron chi connectivity index (χ2n) is 6.79. The van der Waals surface area contributed by atoms with Crippen molar-refractivity contribution in [3.63, 3.8) is 0 Å². The third-order valence-electron chi connectivity index (χ3n) is 4.83. The molecule has 0 atom stereocenters. The summed E-state index contributed by atoms with van der Waals surface area (Å²) in [5.74, 6) is 1.87. The number of hydrogen-bond donors (Lipinski definition) is 0. The fourth-order valence-electron chi connectivity index (χ4n) is 3.43. The van der Waals surface area contributed by atoms with E-state index in [1.54, 1.807) is 0 Å². The smallest absolute Gasteiger partial charge is 0.137 e. The van der Waals surface area contributed by atoms with Crippen molar-refractivity contribution in [1.29, 1.82) is 0 Å². The molecule has 0 aliphatic carbocycles. The molecule has 4 rings (SSSR count). The van der Waals surface area contributed by atoms with Crippen molar-refractivity contribution in [2.75, 3.05) is 6.61 Å². The van der Waals surface area contributed by atoms with Crippen LogP contribution in [0.5, 0.6) is 5.75 Å². The Morgan fingerprint density at radius 2 is 1.57 bits per heavy atom. The number of ether oxygens (including phenoxy) is 1. The Hall–Kier alpha value is -2.78. The Bertz CT molecular complexity index is 1040. The lowest BCUT2D eigenvalue weighted by atomic mass is 10.1. The molecule has 0 N–H and O–H groups in total. The molecule has 0 aliphatic rings. The lowest BCUT2D eigenvalue weighted by Crippen LogP contribution is -2.09. The van der Waals surface area contributed by atoms with E-state index in [4.69, 9.17) is 21.3 Å². The van der Waals surface area contributed by atoms with E-state index in [0.717, 1.165) is 42.9 Å². The van der Waals surface area contributed by atoms with Crippen LogP contribution in [-0.4, -0.2) is 16.2 Å². The number of nitrogens with zero attached hydrogens (tertiary/aromatic N) is 2. The molecule has 3 aromatic carbocycles. The van der Waals surface area contributed by atoms with Crippen LogP contribution in [0, 0.1) is 0 Å². The van der Waals surface area contributed by atoms with Crippen LogP contribution in [0.25, 0.3) is 11.0 Å². The van der Waals surface area contributed by atoms with Gasteiger partial charge in [-0.1, -0.05) is 66.2 Å². The normalized spacial score (nSPS) is 11.0. The van der Waals surface area contributed by atoms with Gasteiger partial charge in [-0.2, -0.15) is 0 Å². The Kier molecular flexibility index (Phi) is 5.93. The summed E-state index contributed by atoms with van der Waals surface area (Å²) < 4.78 is 8.18. The molecule has 4 heteroatoms. The van der Waals surface area contributed by atoms with E-state index in [0.29, 0.717) is 11.6 Å². The quantitative estimate of drug-likeness (QED) is 0.348. The topological polar surface area (TPSA) is 27.1 Å². The molecule has 0 amide bonds. The van der Waals surface area contributed by atoms with E-state index in [-0.39, 0.29) is 0 Å². The maximum absolute atomic E-state index is 6.17. The summed E-state index contributed by atoms with van der Waals surface area (Å²) in [5.41, 5.74) is 3.57. The van der Waals surface area contributed by atoms with Gasteiger partial charge >= 0.3 is 0 Å². The molecule has 1 heterocycles. The van der Waals surface area contributed by atoms with Crippen molar-refractivity contribution in [3.8, 4) is 5.75 Å². The lowest BCUT2D eigenvalue weighted by molar-refractivity contribution is 0.302. The predicted octanol–water partition coefficient (Wildman–Crippen LogP) is 5.94. The molecule has 0 bridgehead atoms. The van der Waals surface area contributed by atoms with Gasteiger partial charge in [-0.05, 0) is 42.7 Å². The van der Waals surface area contributed by atoms with E-state index in [1.807, 2.05) is 30.3 Å². The summed E-state index contributed by atoms with van der Waals surface area (Å²) in [6.45, 7) is 1.49. The Labute approximate surface area is 170 Å². The van der Waals surface area contributed by atoms with Gasteiger partial charge < -0.3 is 9.30 Å². The number of aromatic nitrogens is 2. The standard InChI is InChI=1S/C24H23ClN2O/c25-20-11-4-7-14-23(20)28-18-8-17-27-22-13-6-5-12-21(22)26-24(27)16-15-19-9-2-1-3-10-19/h1-7,9-14H,8,15-18H2. The zero-order valence-corrected chi connectivity index (χ0v) is 16.5. The molecule has 4 aromatic rings. The number of imidazole rings is 1. The zero-order chi connectivity index (χ0) is 19.2. The van der Waals surface area contributed by atoms with Gasteiger partial charge in [0.05, 0.1) is 22.7 Å². The van der Waals surface area contributed by atoms with Crippen molar-refractivity contribution in [1.82, 2.24) is 9.55 Å². The third kappa shape index (κ3) is 4.37. The van der Waals surface area contributed by atoms with Crippen LogP contribution in [0.2, 0.25) is 5.02 Å². The van der Waals surface area contributed by atoms with Crippen molar-refractivity contribution in [2.45, 2.75) is 25.8 Å². The summed E-state index contributed by atoms with van der Waals surface area (Å²) in [6.07, 6.45) is 2.80. The first kappa shape index (κ1) is 18.6. The molecule has 0 fully saturated rings. The first-order valence-corrected chi connectivity index (χ1v) is 10.0. The maximum Gasteiger partial charge on any atom is 0.137 e. The minimum atomic E-state index is 0.619.